The molecule has 0 aliphatic carbocycles. The number of hydrogen-bond donors (Lipinski definition) is 1. The molecule has 0 bridgehead atoms. The summed E-state index contributed by atoms with van der Waals surface area (Å²) in [4.78, 5) is 17.8. The molecule has 0 atom stereocenters. The molecular formula is C6H7N3O. The fourth-order valence-electron chi connectivity index (χ4n) is 0.625. The van der Waals surface area contributed by atoms with E-state index in [1.807, 2.05) is 0 Å². The Morgan fingerprint density at radius 3 is 2.90 bits per heavy atom. The smallest absolute Gasteiger partial charge is 0.170 e. The summed E-state index contributed by atoms with van der Waals surface area (Å²) in [6.45, 7) is 1.69. The average molecular weight is 137 g/mol. The molecule has 0 aromatic carbocycles. The van der Waals surface area contributed by atoms with Gasteiger partial charge in [0.15, 0.2) is 6.29 Å². The maximum absolute atomic E-state index is 10.2. The first-order valence-corrected chi connectivity index (χ1v) is 2.78. The SMILES string of the molecule is Cc1nc(N)cnc1C=O. The highest BCUT2D eigenvalue weighted by Gasteiger charge is 1.97. The van der Waals surface area contributed by atoms with Crippen molar-refractivity contribution >= 4 is 12.1 Å². The second-order valence-corrected chi connectivity index (χ2v) is 1.88. The Bertz CT molecular complexity index is 259. The van der Waals surface area contributed by atoms with Crippen LogP contribution in [0.5, 0.6) is 0 Å². The molecule has 0 aliphatic rings. The zero-order chi connectivity index (χ0) is 7.56. The van der Waals surface area contributed by atoms with Crippen molar-refractivity contribution in [3.8, 4) is 0 Å². The molecule has 1 aromatic heterocycles. The van der Waals surface area contributed by atoms with Crippen molar-refractivity contribution in [2.24, 2.45) is 0 Å². The minimum absolute atomic E-state index is 0.336. The molecule has 0 amide bonds. The highest BCUT2D eigenvalue weighted by Crippen LogP contribution is 1.99. The van der Waals surface area contributed by atoms with Crippen LogP contribution in [0.15, 0.2) is 6.20 Å². The number of nitrogen functional groups attached to an aromatic ring is 1. The third-order valence-corrected chi connectivity index (χ3v) is 1.12. The van der Waals surface area contributed by atoms with Crippen LogP contribution < -0.4 is 5.73 Å². The summed E-state index contributed by atoms with van der Waals surface area (Å²) >= 11 is 0. The second kappa shape index (κ2) is 2.43. The lowest BCUT2D eigenvalue weighted by atomic mass is 10.3. The number of aromatic nitrogens is 2. The zero-order valence-corrected chi connectivity index (χ0v) is 5.53. The first-order chi connectivity index (χ1) is 4.74. The molecule has 52 valence electrons. The first kappa shape index (κ1) is 6.67. The number of carbonyl (C=O) groups is 1. The minimum atomic E-state index is 0.336. The summed E-state index contributed by atoms with van der Waals surface area (Å²) in [5.41, 5.74) is 6.20. The number of anilines is 1. The Kier molecular flexibility index (Phi) is 1.62. The Morgan fingerprint density at radius 2 is 2.40 bits per heavy atom. The van der Waals surface area contributed by atoms with E-state index in [2.05, 4.69) is 9.97 Å². The maximum atomic E-state index is 10.2. The van der Waals surface area contributed by atoms with E-state index in [0.29, 0.717) is 23.5 Å². The quantitative estimate of drug-likeness (QED) is 0.560. The Morgan fingerprint density at radius 1 is 1.70 bits per heavy atom. The average Bonchev–Trinajstić information content (AvgIpc) is 1.88. The van der Waals surface area contributed by atoms with Gasteiger partial charge < -0.3 is 5.73 Å². The third-order valence-electron chi connectivity index (χ3n) is 1.12. The number of nitrogens with two attached hydrogens (primary N) is 1. The lowest BCUT2D eigenvalue weighted by molar-refractivity contribution is 0.111. The number of aryl methyl sites for hydroxylation is 1. The number of aldehydes is 1. The van der Waals surface area contributed by atoms with Crippen molar-refractivity contribution in [2.45, 2.75) is 6.92 Å². The predicted octanol–water partition coefficient (Wildman–Crippen LogP) is 0.180. The van der Waals surface area contributed by atoms with Gasteiger partial charge in [0.25, 0.3) is 0 Å². The van der Waals surface area contributed by atoms with Gasteiger partial charge in [0, 0.05) is 0 Å². The van der Waals surface area contributed by atoms with Gasteiger partial charge in [-0.25, -0.2) is 9.97 Å². The standard InChI is InChI=1S/C6H7N3O/c1-4-5(3-10)8-2-6(7)9-4/h2-3H,1H3,(H2,7,9). The van der Waals surface area contributed by atoms with Gasteiger partial charge in [-0.05, 0) is 6.92 Å². The van der Waals surface area contributed by atoms with Crippen molar-refractivity contribution < 1.29 is 4.79 Å². The van der Waals surface area contributed by atoms with Crippen LogP contribution in [0, 0.1) is 6.92 Å². The summed E-state index contributed by atoms with van der Waals surface area (Å²) in [7, 11) is 0. The van der Waals surface area contributed by atoms with Gasteiger partial charge >= 0.3 is 0 Å². The molecule has 4 heteroatoms. The molecule has 0 spiro atoms. The van der Waals surface area contributed by atoms with E-state index in [1.165, 1.54) is 6.20 Å². The second-order valence-electron chi connectivity index (χ2n) is 1.88. The number of carbonyl (C=O) groups excluding carboxylic acids is 1. The third kappa shape index (κ3) is 1.10. The Balaban J connectivity index is 3.19. The van der Waals surface area contributed by atoms with Crippen molar-refractivity contribution in [1.82, 2.24) is 9.97 Å². The highest BCUT2D eigenvalue weighted by molar-refractivity contribution is 5.73. The van der Waals surface area contributed by atoms with Gasteiger partial charge in [-0.2, -0.15) is 0 Å². The van der Waals surface area contributed by atoms with E-state index in [4.69, 9.17) is 5.73 Å². The molecule has 0 aliphatic heterocycles. The predicted molar refractivity (Wildman–Crippen MR) is 36.6 cm³/mol. The van der Waals surface area contributed by atoms with Crippen LogP contribution in [0.2, 0.25) is 0 Å². The van der Waals surface area contributed by atoms with E-state index in [-0.39, 0.29) is 0 Å². The molecule has 0 fully saturated rings. The molecule has 2 N–H and O–H groups in total. The van der Waals surface area contributed by atoms with Gasteiger partial charge in [0.05, 0.1) is 11.9 Å². The zero-order valence-electron chi connectivity index (χ0n) is 5.53. The fourth-order valence-corrected chi connectivity index (χ4v) is 0.625. The van der Waals surface area contributed by atoms with Gasteiger partial charge in [-0.1, -0.05) is 0 Å². The largest absolute Gasteiger partial charge is 0.382 e. The minimum Gasteiger partial charge on any atom is -0.382 e. The first-order valence-electron chi connectivity index (χ1n) is 2.78. The van der Waals surface area contributed by atoms with Crippen molar-refractivity contribution in [2.75, 3.05) is 5.73 Å². The molecule has 4 nitrogen and oxygen atoms in total. The summed E-state index contributed by atoms with van der Waals surface area (Å²) in [5.74, 6) is 0.336. The van der Waals surface area contributed by atoms with E-state index in [9.17, 15) is 4.79 Å². The summed E-state index contributed by atoms with van der Waals surface area (Å²) in [6.07, 6.45) is 2.01. The molecular weight excluding hydrogens is 130 g/mol. The molecule has 0 unspecified atom stereocenters. The van der Waals surface area contributed by atoms with Crippen molar-refractivity contribution in [1.29, 1.82) is 0 Å². The lowest BCUT2D eigenvalue weighted by Gasteiger charge is -1.95. The molecule has 10 heavy (non-hydrogen) atoms. The molecule has 0 saturated carbocycles. The monoisotopic (exact) mass is 137 g/mol. The molecule has 1 aromatic rings. The lowest BCUT2D eigenvalue weighted by Crippen LogP contribution is -1.99. The van der Waals surface area contributed by atoms with Crippen LogP contribution in [-0.2, 0) is 0 Å². The van der Waals surface area contributed by atoms with Crippen LogP contribution >= 0.6 is 0 Å². The van der Waals surface area contributed by atoms with Gasteiger partial charge in [-0.3, -0.25) is 4.79 Å². The van der Waals surface area contributed by atoms with Gasteiger partial charge in [0.1, 0.15) is 11.5 Å². The topological polar surface area (TPSA) is 68.9 Å². The van der Waals surface area contributed by atoms with E-state index in [0.717, 1.165) is 0 Å². The van der Waals surface area contributed by atoms with Crippen molar-refractivity contribution in [3.63, 3.8) is 0 Å². The van der Waals surface area contributed by atoms with E-state index < -0.39 is 0 Å². The Hall–Kier alpha value is -1.45. The van der Waals surface area contributed by atoms with Crippen LogP contribution in [0.3, 0.4) is 0 Å². The highest BCUT2D eigenvalue weighted by atomic mass is 16.1. The van der Waals surface area contributed by atoms with Crippen LogP contribution in [-0.4, -0.2) is 16.3 Å². The normalized spacial score (nSPS) is 9.30. The molecule has 1 heterocycles. The van der Waals surface area contributed by atoms with E-state index >= 15 is 0 Å². The number of nitrogens with zero attached hydrogens (tertiary/aromatic N) is 2. The summed E-state index contributed by atoms with van der Waals surface area (Å²) in [5, 5.41) is 0. The summed E-state index contributed by atoms with van der Waals surface area (Å²) < 4.78 is 0. The Labute approximate surface area is 58.1 Å². The molecule has 0 saturated heterocycles. The van der Waals surface area contributed by atoms with Crippen molar-refractivity contribution in [3.05, 3.63) is 17.6 Å². The number of hydrogen-bond acceptors (Lipinski definition) is 4. The fraction of sp³-hybridized carbons (Fsp3) is 0.167. The molecule has 1 rings (SSSR count). The number of rotatable bonds is 1. The van der Waals surface area contributed by atoms with Gasteiger partial charge in [-0.15, -0.1) is 0 Å². The summed E-state index contributed by atoms with van der Waals surface area (Å²) in [6, 6.07) is 0. The van der Waals surface area contributed by atoms with Crippen LogP contribution in [0.1, 0.15) is 16.2 Å². The molecule has 0 radical (unpaired) electrons. The maximum Gasteiger partial charge on any atom is 0.170 e. The van der Waals surface area contributed by atoms with Gasteiger partial charge in [0.2, 0.25) is 0 Å². The van der Waals surface area contributed by atoms with E-state index in [1.54, 1.807) is 6.92 Å². The van der Waals surface area contributed by atoms with Crippen LogP contribution in [0.4, 0.5) is 5.82 Å². The van der Waals surface area contributed by atoms with Crippen LogP contribution in [0.25, 0.3) is 0 Å².